The second-order valence-corrected chi connectivity index (χ2v) is 5.51. The van der Waals surface area contributed by atoms with E-state index in [1.807, 2.05) is 24.4 Å². The third-order valence-electron chi connectivity index (χ3n) is 2.97. The Labute approximate surface area is 124 Å². The maximum atomic E-state index is 10.7. The molecule has 0 saturated carbocycles. The predicted octanol–water partition coefficient (Wildman–Crippen LogP) is 3.52. The summed E-state index contributed by atoms with van der Waals surface area (Å²) < 4.78 is 0. The van der Waals surface area contributed by atoms with Gasteiger partial charge in [0.05, 0.1) is 17.0 Å². The number of aryl methyl sites for hydroxylation is 1. The van der Waals surface area contributed by atoms with Gasteiger partial charge in [-0.15, -0.1) is 11.3 Å². The van der Waals surface area contributed by atoms with Gasteiger partial charge in [-0.25, -0.2) is 9.97 Å². The van der Waals surface area contributed by atoms with E-state index in [2.05, 4.69) is 15.3 Å². The lowest BCUT2D eigenvalue weighted by molar-refractivity contribution is -0.384. The number of rotatable bonds is 4. The molecule has 0 spiro atoms. The highest BCUT2D eigenvalue weighted by molar-refractivity contribution is 7.09. The molecule has 0 unspecified atom stereocenters. The zero-order chi connectivity index (χ0) is 14.8. The van der Waals surface area contributed by atoms with Crippen LogP contribution < -0.4 is 5.32 Å². The molecule has 3 aromatic rings. The number of nitro benzene ring substituents is 1. The van der Waals surface area contributed by atoms with Crippen molar-refractivity contribution in [1.82, 2.24) is 9.97 Å². The van der Waals surface area contributed by atoms with E-state index < -0.39 is 4.92 Å². The van der Waals surface area contributed by atoms with Crippen molar-refractivity contribution < 1.29 is 4.92 Å². The lowest BCUT2D eigenvalue weighted by Crippen LogP contribution is -2.01. The highest BCUT2D eigenvalue weighted by Crippen LogP contribution is 2.21. The Morgan fingerprint density at radius 2 is 2.14 bits per heavy atom. The van der Waals surface area contributed by atoms with Crippen molar-refractivity contribution in [2.24, 2.45) is 0 Å². The first kappa shape index (κ1) is 13.4. The average Bonchev–Trinajstić information content (AvgIpc) is 2.90. The van der Waals surface area contributed by atoms with Crippen molar-refractivity contribution in [2.45, 2.75) is 13.5 Å². The number of pyridine rings is 1. The minimum atomic E-state index is -0.406. The van der Waals surface area contributed by atoms with E-state index in [-0.39, 0.29) is 5.69 Å². The molecule has 7 heteroatoms. The van der Waals surface area contributed by atoms with E-state index in [1.165, 1.54) is 12.1 Å². The Balaban J connectivity index is 1.80. The number of hydrogen-bond donors (Lipinski definition) is 1. The highest BCUT2D eigenvalue weighted by atomic mass is 32.1. The van der Waals surface area contributed by atoms with Gasteiger partial charge in [0.2, 0.25) is 0 Å². The molecule has 0 bridgehead atoms. The maximum absolute atomic E-state index is 10.7. The Hall–Kier alpha value is -2.54. The molecule has 3 rings (SSSR count). The Kier molecular flexibility index (Phi) is 3.49. The fourth-order valence-corrected chi connectivity index (χ4v) is 2.69. The molecule has 0 atom stereocenters. The van der Waals surface area contributed by atoms with Crippen LogP contribution in [0.25, 0.3) is 10.9 Å². The second-order valence-electron chi connectivity index (χ2n) is 4.57. The summed E-state index contributed by atoms with van der Waals surface area (Å²) in [5, 5.41) is 17.7. The van der Waals surface area contributed by atoms with Gasteiger partial charge in [0.25, 0.3) is 5.69 Å². The molecule has 6 nitrogen and oxygen atoms in total. The number of fused-ring (bicyclic) bond motifs is 1. The molecule has 106 valence electrons. The van der Waals surface area contributed by atoms with E-state index in [4.69, 9.17) is 0 Å². The Bertz CT molecular complexity index is 816. The highest BCUT2D eigenvalue weighted by Gasteiger charge is 2.07. The molecule has 0 aliphatic rings. The van der Waals surface area contributed by atoms with Crippen LogP contribution in [0.2, 0.25) is 0 Å². The van der Waals surface area contributed by atoms with Crippen molar-refractivity contribution >= 4 is 33.7 Å². The fourth-order valence-electron chi connectivity index (χ4n) is 1.98. The van der Waals surface area contributed by atoms with E-state index in [1.54, 1.807) is 17.4 Å². The monoisotopic (exact) mass is 300 g/mol. The third-order valence-corrected chi connectivity index (χ3v) is 3.94. The van der Waals surface area contributed by atoms with Crippen LogP contribution in [0.15, 0.2) is 35.7 Å². The van der Waals surface area contributed by atoms with Crippen LogP contribution in [0.5, 0.6) is 0 Å². The zero-order valence-electron chi connectivity index (χ0n) is 11.2. The van der Waals surface area contributed by atoms with Crippen molar-refractivity contribution in [3.8, 4) is 0 Å². The summed E-state index contributed by atoms with van der Waals surface area (Å²) >= 11 is 1.60. The summed E-state index contributed by atoms with van der Waals surface area (Å²) in [7, 11) is 0. The summed E-state index contributed by atoms with van der Waals surface area (Å²) in [5.74, 6) is 0.726. The lowest BCUT2D eigenvalue weighted by atomic mass is 10.2. The van der Waals surface area contributed by atoms with Crippen molar-refractivity contribution in [3.63, 3.8) is 0 Å². The number of nitro groups is 1. The predicted molar refractivity (Wildman–Crippen MR) is 82.6 cm³/mol. The van der Waals surface area contributed by atoms with Gasteiger partial charge in [0, 0.05) is 28.6 Å². The maximum Gasteiger partial charge on any atom is 0.270 e. The van der Waals surface area contributed by atoms with E-state index in [0.717, 1.165) is 27.4 Å². The van der Waals surface area contributed by atoms with Gasteiger partial charge < -0.3 is 5.32 Å². The van der Waals surface area contributed by atoms with Gasteiger partial charge in [-0.1, -0.05) is 0 Å². The fraction of sp³-hybridized carbons (Fsp3) is 0.143. The molecule has 0 saturated heterocycles. The zero-order valence-corrected chi connectivity index (χ0v) is 12.1. The summed E-state index contributed by atoms with van der Waals surface area (Å²) in [5.41, 5.74) is 1.81. The van der Waals surface area contributed by atoms with Gasteiger partial charge >= 0.3 is 0 Å². The van der Waals surface area contributed by atoms with Gasteiger partial charge in [-0.05, 0) is 25.1 Å². The smallest absolute Gasteiger partial charge is 0.270 e. The third kappa shape index (κ3) is 2.97. The summed E-state index contributed by atoms with van der Waals surface area (Å²) in [6, 6.07) is 8.28. The van der Waals surface area contributed by atoms with E-state index in [0.29, 0.717) is 6.54 Å². The quantitative estimate of drug-likeness (QED) is 0.589. The van der Waals surface area contributed by atoms with Crippen molar-refractivity contribution in [3.05, 3.63) is 56.5 Å². The van der Waals surface area contributed by atoms with E-state index >= 15 is 0 Å². The van der Waals surface area contributed by atoms with Gasteiger partial charge in [0.15, 0.2) is 0 Å². The first-order valence-electron chi connectivity index (χ1n) is 6.32. The molecule has 0 amide bonds. The minimum absolute atomic E-state index is 0.0725. The second kappa shape index (κ2) is 5.45. The number of nitrogens with zero attached hydrogens (tertiary/aromatic N) is 3. The van der Waals surface area contributed by atoms with Crippen LogP contribution in [0, 0.1) is 17.0 Å². The SMILES string of the molecule is Cc1csc(CNc2ccc3cc([N+](=O)[O-])ccc3n2)n1. The number of benzene rings is 1. The first-order valence-corrected chi connectivity index (χ1v) is 7.20. The number of aromatic nitrogens is 2. The molecule has 21 heavy (non-hydrogen) atoms. The molecule has 0 aliphatic heterocycles. The number of hydrogen-bond acceptors (Lipinski definition) is 6. The summed E-state index contributed by atoms with van der Waals surface area (Å²) in [6.07, 6.45) is 0. The topological polar surface area (TPSA) is 81.0 Å². The van der Waals surface area contributed by atoms with Crippen LogP contribution in [0.3, 0.4) is 0 Å². The first-order chi connectivity index (χ1) is 10.1. The number of non-ortho nitro benzene ring substituents is 1. The average molecular weight is 300 g/mol. The molecule has 2 heterocycles. The molecule has 0 radical (unpaired) electrons. The summed E-state index contributed by atoms with van der Waals surface area (Å²) in [6.45, 7) is 2.57. The molecular weight excluding hydrogens is 288 g/mol. The number of thiazole rings is 1. The van der Waals surface area contributed by atoms with Crippen LogP contribution in [-0.2, 0) is 6.54 Å². The van der Waals surface area contributed by atoms with Gasteiger partial charge in [-0.2, -0.15) is 0 Å². The molecule has 1 aromatic carbocycles. The van der Waals surface area contributed by atoms with Crippen molar-refractivity contribution in [2.75, 3.05) is 5.32 Å². The normalized spacial score (nSPS) is 10.7. The van der Waals surface area contributed by atoms with Gasteiger partial charge in [0.1, 0.15) is 10.8 Å². The standard InChI is InChI=1S/C14H12N4O2S/c1-9-8-21-14(16-9)7-15-13-5-2-10-6-11(18(19)20)3-4-12(10)17-13/h2-6,8H,7H2,1H3,(H,15,17). The van der Waals surface area contributed by atoms with Crippen LogP contribution in [0.4, 0.5) is 11.5 Å². The molecule has 1 N–H and O–H groups in total. The Morgan fingerprint density at radius 3 is 2.86 bits per heavy atom. The molecule has 0 aliphatic carbocycles. The Morgan fingerprint density at radius 1 is 1.29 bits per heavy atom. The van der Waals surface area contributed by atoms with Gasteiger partial charge in [-0.3, -0.25) is 10.1 Å². The minimum Gasteiger partial charge on any atom is -0.364 e. The summed E-state index contributed by atoms with van der Waals surface area (Å²) in [4.78, 5) is 19.1. The largest absolute Gasteiger partial charge is 0.364 e. The van der Waals surface area contributed by atoms with E-state index in [9.17, 15) is 10.1 Å². The number of nitrogens with one attached hydrogen (secondary N) is 1. The van der Waals surface area contributed by atoms with Crippen LogP contribution >= 0.6 is 11.3 Å². The molecule has 2 aromatic heterocycles. The van der Waals surface area contributed by atoms with Crippen LogP contribution in [-0.4, -0.2) is 14.9 Å². The van der Waals surface area contributed by atoms with Crippen LogP contribution in [0.1, 0.15) is 10.7 Å². The lowest BCUT2D eigenvalue weighted by Gasteiger charge is -2.05. The molecular formula is C14H12N4O2S. The number of anilines is 1. The molecule has 0 fully saturated rings. The van der Waals surface area contributed by atoms with Crippen molar-refractivity contribution in [1.29, 1.82) is 0 Å².